The predicted molar refractivity (Wildman–Crippen MR) is 68.9 cm³/mol. The van der Waals surface area contributed by atoms with Gasteiger partial charge in [-0.25, -0.2) is 0 Å². The monoisotopic (exact) mass is 308 g/mol. The first-order valence-electron chi connectivity index (χ1n) is 6.96. The second kappa shape index (κ2) is 6.11. The fourth-order valence-electron chi connectivity index (χ4n) is 3.43. The van der Waals surface area contributed by atoms with Crippen LogP contribution in [0.25, 0.3) is 11.4 Å². The molecule has 2 aliphatic rings. The molecule has 2 aromatic rings. The number of aromatic nitrogens is 2. The van der Waals surface area contributed by atoms with Gasteiger partial charge in [-0.15, -0.1) is 0 Å². The van der Waals surface area contributed by atoms with Gasteiger partial charge in [0.25, 0.3) is 11.4 Å². The molecule has 0 fully saturated rings. The number of pyridine rings is 2. The summed E-state index contributed by atoms with van der Waals surface area (Å²) in [6, 6.07) is 9.04. The second-order valence-corrected chi connectivity index (χ2v) is 5.36. The lowest BCUT2D eigenvalue weighted by Gasteiger charge is -2.04. The molecule has 0 N–H and O–H groups in total. The number of hydrogen-bond acceptors (Lipinski definition) is 0. The maximum absolute atomic E-state index is 2.46. The lowest BCUT2D eigenvalue weighted by molar-refractivity contribution is -0.712. The Balaban J connectivity index is 0.000000735. The number of hydrogen-bond donors (Lipinski definition) is 0. The molecule has 0 spiro atoms. The molecular weight excluding hydrogens is 291 g/mol. The van der Waals surface area contributed by atoms with Crippen LogP contribution in [0.3, 0.4) is 0 Å². The van der Waals surface area contributed by atoms with E-state index in [9.17, 15) is 0 Å². The molecule has 0 saturated carbocycles. The lowest BCUT2D eigenvalue weighted by Crippen LogP contribution is -3.00. The smallest absolute Gasteiger partial charge is 0.280 e. The van der Waals surface area contributed by atoms with Crippen LogP contribution in [0.2, 0.25) is 0 Å². The van der Waals surface area contributed by atoms with E-state index in [4.69, 9.17) is 0 Å². The number of halogens is 2. The van der Waals surface area contributed by atoms with Gasteiger partial charge in [0.05, 0.1) is 0 Å². The minimum atomic E-state index is 0. The van der Waals surface area contributed by atoms with E-state index < -0.39 is 0 Å². The van der Waals surface area contributed by atoms with E-state index in [1.54, 1.807) is 0 Å². The topological polar surface area (TPSA) is 7.76 Å². The average molecular weight is 309 g/mol. The highest BCUT2D eigenvalue weighted by atomic mass is 35.5. The molecule has 0 radical (unpaired) electrons. The SMILES string of the molecule is [Cl-].[Cl-].c1cc2c3[n+](c1)CCCc1ccc[n+](c1-3)CCC2. The van der Waals surface area contributed by atoms with E-state index in [1.165, 1.54) is 48.2 Å². The number of nitrogens with zero attached hydrogens (tertiary/aromatic N) is 2. The normalized spacial score (nSPS) is 15.0. The Hall–Kier alpha value is -1.12. The first-order chi connectivity index (χ1) is 8.93. The zero-order valence-electron chi connectivity index (χ0n) is 11.4. The minimum Gasteiger partial charge on any atom is -1.00 e. The summed E-state index contributed by atoms with van der Waals surface area (Å²) >= 11 is 0. The molecule has 2 aliphatic heterocycles. The maximum Gasteiger partial charge on any atom is 0.280 e. The average Bonchev–Trinajstić information content (AvgIpc) is 2.70. The van der Waals surface area contributed by atoms with E-state index in [0.29, 0.717) is 0 Å². The van der Waals surface area contributed by atoms with Crippen LogP contribution in [0.1, 0.15) is 24.0 Å². The van der Waals surface area contributed by atoms with Crippen LogP contribution in [0.15, 0.2) is 36.7 Å². The van der Waals surface area contributed by atoms with Gasteiger partial charge in [0.2, 0.25) is 0 Å². The van der Waals surface area contributed by atoms with Crippen molar-refractivity contribution < 1.29 is 33.9 Å². The van der Waals surface area contributed by atoms with E-state index in [-0.39, 0.29) is 24.8 Å². The zero-order valence-corrected chi connectivity index (χ0v) is 12.9. The van der Waals surface area contributed by atoms with Crippen LogP contribution >= 0.6 is 0 Å². The van der Waals surface area contributed by atoms with Crippen LogP contribution in [-0.4, -0.2) is 0 Å². The third kappa shape index (κ3) is 2.32. The van der Waals surface area contributed by atoms with Crippen LogP contribution in [0, 0.1) is 0 Å². The predicted octanol–water partition coefficient (Wildman–Crippen LogP) is -4.17. The van der Waals surface area contributed by atoms with Gasteiger partial charge in [-0.2, -0.15) is 9.13 Å². The van der Waals surface area contributed by atoms with Gasteiger partial charge in [-0.3, -0.25) is 0 Å². The van der Waals surface area contributed by atoms with Crippen molar-refractivity contribution >= 4 is 0 Å². The lowest BCUT2D eigenvalue weighted by atomic mass is 10.0. The first kappa shape index (κ1) is 15.3. The molecular formula is C16H18Cl2N2. The first-order valence-corrected chi connectivity index (χ1v) is 6.96. The fourth-order valence-corrected chi connectivity index (χ4v) is 3.43. The third-order valence-electron chi connectivity index (χ3n) is 4.22. The summed E-state index contributed by atoms with van der Waals surface area (Å²) in [7, 11) is 0. The van der Waals surface area contributed by atoms with Crippen molar-refractivity contribution in [3.05, 3.63) is 47.8 Å². The van der Waals surface area contributed by atoms with E-state index in [2.05, 4.69) is 45.8 Å². The Bertz CT molecular complexity index is 526. The van der Waals surface area contributed by atoms with E-state index in [1.807, 2.05) is 0 Å². The molecule has 0 bridgehead atoms. The summed E-state index contributed by atoms with van der Waals surface area (Å²) in [5.74, 6) is 0. The largest absolute Gasteiger partial charge is 1.00 e. The quantitative estimate of drug-likeness (QED) is 0.437. The van der Waals surface area contributed by atoms with Crippen LogP contribution < -0.4 is 33.9 Å². The molecule has 4 rings (SSSR count). The van der Waals surface area contributed by atoms with Crippen LogP contribution in [0.5, 0.6) is 0 Å². The molecule has 0 aromatic carbocycles. The van der Waals surface area contributed by atoms with E-state index in [0.717, 1.165) is 13.1 Å². The van der Waals surface area contributed by atoms with E-state index >= 15 is 0 Å². The fraction of sp³-hybridized carbons (Fsp3) is 0.375. The van der Waals surface area contributed by atoms with Gasteiger partial charge >= 0.3 is 0 Å². The summed E-state index contributed by atoms with van der Waals surface area (Å²) in [4.78, 5) is 0. The van der Waals surface area contributed by atoms with Gasteiger partial charge in [0.15, 0.2) is 12.4 Å². The Kier molecular flexibility index (Phi) is 4.66. The van der Waals surface area contributed by atoms with Crippen molar-refractivity contribution in [2.75, 3.05) is 0 Å². The third-order valence-corrected chi connectivity index (χ3v) is 4.22. The van der Waals surface area contributed by atoms with Crippen molar-refractivity contribution in [1.29, 1.82) is 0 Å². The molecule has 4 heterocycles. The van der Waals surface area contributed by atoms with Gasteiger partial charge in [0, 0.05) is 36.1 Å². The Morgan fingerprint density at radius 1 is 0.700 bits per heavy atom. The summed E-state index contributed by atoms with van der Waals surface area (Å²) in [5.41, 5.74) is 6.00. The summed E-state index contributed by atoms with van der Waals surface area (Å²) in [6.45, 7) is 2.30. The molecule has 2 nitrogen and oxygen atoms in total. The molecule has 0 atom stereocenters. The van der Waals surface area contributed by atoms with Gasteiger partial charge in [-0.05, 0) is 25.0 Å². The molecule has 4 heteroatoms. The Morgan fingerprint density at radius 2 is 1.15 bits per heavy atom. The Labute approximate surface area is 132 Å². The summed E-state index contributed by atoms with van der Waals surface area (Å²) < 4.78 is 4.92. The Morgan fingerprint density at radius 3 is 1.60 bits per heavy atom. The van der Waals surface area contributed by atoms with Crippen molar-refractivity contribution in [3.63, 3.8) is 0 Å². The standard InChI is InChI=1S/C16H18N2.2ClH/c1-5-13-7-3-12-18-10-2-6-14-8-4-11-17(9-1)15(13)16(14)18;;/h1-2,5-6,9-10H,3-4,7-8,11-12H2;2*1H/q+2;;/p-2. The van der Waals surface area contributed by atoms with Gasteiger partial charge < -0.3 is 24.8 Å². The van der Waals surface area contributed by atoms with Crippen molar-refractivity contribution in [1.82, 2.24) is 0 Å². The summed E-state index contributed by atoms with van der Waals surface area (Å²) in [5, 5.41) is 0. The van der Waals surface area contributed by atoms with Crippen LogP contribution in [-0.2, 0) is 25.9 Å². The highest BCUT2D eigenvalue weighted by molar-refractivity contribution is 5.57. The van der Waals surface area contributed by atoms with Crippen molar-refractivity contribution in [3.8, 4) is 11.4 Å². The van der Waals surface area contributed by atoms with Crippen molar-refractivity contribution in [2.24, 2.45) is 0 Å². The maximum atomic E-state index is 2.46. The number of rotatable bonds is 0. The molecule has 2 aromatic heterocycles. The number of aryl methyl sites for hydroxylation is 4. The molecule has 0 amide bonds. The zero-order chi connectivity index (χ0) is 11.9. The highest BCUT2D eigenvalue weighted by Crippen LogP contribution is 2.27. The molecule has 106 valence electrons. The summed E-state index contributed by atoms with van der Waals surface area (Å²) in [6.07, 6.45) is 9.40. The molecule has 0 saturated heterocycles. The van der Waals surface area contributed by atoms with Gasteiger partial charge in [0.1, 0.15) is 13.1 Å². The van der Waals surface area contributed by atoms with Crippen molar-refractivity contribution in [2.45, 2.75) is 38.8 Å². The molecule has 20 heavy (non-hydrogen) atoms. The minimum absolute atomic E-state index is 0. The molecule has 0 unspecified atom stereocenters. The molecule has 0 aliphatic carbocycles. The van der Waals surface area contributed by atoms with Gasteiger partial charge in [-0.1, -0.05) is 0 Å². The second-order valence-electron chi connectivity index (χ2n) is 5.36. The highest BCUT2D eigenvalue weighted by Gasteiger charge is 2.33. The van der Waals surface area contributed by atoms with Crippen LogP contribution in [0.4, 0.5) is 0 Å².